The van der Waals surface area contributed by atoms with Crippen LogP contribution in [0.25, 0.3) is 0 Å². The third kappa shape index (κ3) is 2.90. The van der Waals surface area contributed by atoms with E-state index in [2.05, 4.69) is 4.98 Å². The number of aliphatic hydroxyl groups excluding tert-OH is 1. The zero-order valence-electron chi connectivity index (χ0n) is 10.1. The second-order valence-corrected chi connectivity index (χ2v) is 5.97. The van der Waals surface area contributed by atoms with Gasteiger partial charge in [0.1, 0.15) is 16.7 Å². The second kappa shape index (κ2) is 5.63. The standard InChI is InChI=1S/C11H13N3O4S/c12-5-9-1-2-11(6-13-9)19(16,17)14-3-4-18-10(7-14)8-15/h1-2,6,10,15H,3-4,7-8H2. The summed E-state index contributed by atoms with van der Waals surface area (Å²) in [5.74, 6) is 0. The van der Waals surface area contributed by atoms with E-state index in [1.54, 1.807) is 0 Å². The summed E-state index contributed by atoms with van der Waals surface area (Å²) in [5, 5.41) is 17.6. The van der Waals surface area contributed by atoms with E-state index in [1.165, 1.54) is 16.4 Å². The Morgan fingerprint density at radius 2 is 2.37 bits per heavy atom. The zero-order valence-corrected chi connectivity index (χ0v) is 10.9. The minimum atomic E-state index is -3.66. The largest absolute Gasteiger partial charge is 0.394 e. The van der Waals surface area contributed by atoms with Crippen LogP contribution in [0.4, 0.5) is 0 Å². The second-order valence-electron chi connectivity index (χ2n) is 4.03. The Labute approximate surface area is 111 Å². The molecule has 1 aliphatic heterocycles. The van der Waals surface area contributed by atoms with Crippen molar-refractivity contribution in [2.75, 3.05) is 26.3 Å². The van der Waals surface area contributed by atoms with E-state index < -0.39 is 16.1 Å². The highest BCUT2D eigenvalue weighted by Crippen LogP contribution is 2.18. The predicted octanol–water partition coefficient (Wildman–Crippen LogP) is -0.665. The van der Waals surface area contributed by atoms with E-state index in [0.29, 0.717) is 0 Å². The van der Waals surface area contributed by atoms with Crippen molar-refractivity contribution < 1.29 is 18.3 Å². The first-order valence-electron chi connectivity index (χ1n) is 5.66. The van der Waals surface area contributed by atoms with Crippen LogP contribution in [-0.4, -0.2) is 55.2 Å². The van der Waals surface area contributed by atoms with Crippen LogP contribution in [0, 0.1) is 11.3 Å². The van der Waals surface area contributed by atoms with E-state index >= 15 is 0 Å². The van der Waals surface area contributed by atoms with Crippen LogP contribution >= 0.6 is 0 Å². The molecule has 1 aromatic heterocycles. The van der Waals surface area contributed by atoms with Gasteiger partial charge >= 0.3 is 0 Å². The molecular weight excluding hydrogens is 270 g/mol. The lowest BCUT2D eigenvalue weighted by atomic mass is 10.3. The molecule has 1 saturated heterocycles. The average molecular weight is 283 g/mol. The fourth-order valence-corrected chi connectivity index (χ4v) is 3.17. The minimum Gasteiger partial charge on any atom is -0.394 e. The highest BCUT2D eigenvalue weighted by molar-refractivity contribution is 7.89. The summed E-state index contributed by atoms with van der Waals surface area (Å²) in [6.45, 7) is 0.365. The van der Waals surface area contributed by atoms with Gasteiger partial charge in [-0.15, -0.1) is 0 Å². The van der Waals surface area contributed by atoms with Crippen molar-refractivity contribution in [1.82, 2.24) is 9.29 Å². The van der Waals surface area contributed by atoms with E-state index in [0.717, 1.165) is 6.20 Å². The molecule has 8 heteroatoms. The number of aliphatic hydroxyl groups is 1. The monoisotopic (exact) mass is 283 g/mol. The molecule has 0 radical (unpaired) electrons. The third-order valence-corrected chi connectivity index (χ3v) is 4.64. The topological polar surface area (TPSA) is 104 Å². The number of nitrogens with zero attached hydrogens (tertiary/aromatic N) is 3. The molecule has 1 unspecified atom stereocenters. The van der Waals surface area contributed by atoms with Crippen molar-refractivity contribution >= 4 is 10.0 Å². The molecule has 0 aliphatic carbocycles. The van der Waals surface area contributed by atoms with Crippen molar-refractivity contribution in [2.24, 2.45) is 0 Å². The van der Waals surface area contributed by atoms with E-state index in [1.807, 2.05) is 6.07 Å². The molecule has 1 aromatic rings. The van der Waals surface area contributed by atoms with Crippen LogP contribution in [0.1, 0.15) is 5.69 Å². The van der Waals surface area contributed by atoms with Crippen molar-refractivity contribution in [3.8, 4) is 6.07 Å². The maximum atomic E-state index is 12.3. The van der Waals surface area contributed by atoms with Crippen LogP contribution in [0.3, 0.4) is 0 Å². The van der Waals surface area contributed by atoms with Crippen LogP contribution in [-0.2, 0) is 14.8 Å². The fraction of sp³-hybridized carbons (Fsp3) is 0.455. The molecule has 1 aliphatic rings. The summed E-state index contributed by atoms with van der Waals surface area (Å²) in [6, 6.07) is 4.54. The van der Waals surface area contributed by atoms with Crippen LogP contribution < -0.4 is 0 Å². The Hall–Kier alpha value is -1.53. The molecule has 1 atom stereocenters. The van der Waals surface area contributed by atoms with Crippen molar-refractivity contribution in [3.63, 3.8) is 0 Å². The van der Waals surface area contributed by atoms with Gasteiger partial charge in [-0.1, -0.05) is 0 Å². The van der Waals surface area contributed by atoms with Crippen LogP contribution in [0.15, 0.2) is 23.2 Å². The molecule has 102 valence electrons. The summed E-state index contributed by atoms with van der Waals surface area (Å²) in [7, 11) is -3.66. The summed E-state index contributed by atoms with van der Waals surface area (Å²) in [6.07, 6.45) is 0.659. The van der Waals surface area contributed by atoms with Gasteiger partial charge in [0, 0.05) is 19.3 Å². The third-order valence-electron chi connectivity index (χ3n) is 2.79. The number of pyridine rings is 1. The molecule has 0 aromatic carbocycles. The molecule has 7 nitrogen and oxygen atoms in total. The van der Waals surface area contributed by atoms with E-state index in [4.69, 9.17) is 15.1 Å². The Morgan fingerprint density at radius 1 is 1.58 bits per heavy atom. The van der Waals surface area contributed by atoms with Crippen LogP contribution in [0.5, 0.6) is 0 Å². The molecule has 2 heterocycles. The fourth-order valence-electron chi connectivity index (χ4n) is 1.77. The lowest BCUT2D eigenvalue weighted by Crippen LogP contribution is -2.46. The van der Waals surface area contributed by atoms with Gasteiger partial charge in [0.15, 0.2) is 0 Å². The molecule has 0 amide bonds. The molecule has 0 spiro atoms. The van der Waals surface area contributed by atoms with Crippen molar-refractivity contribution in [1.29, 1.82) is 5.26 Å². The SMILES string of the molecule is N#Cc1ccc(S(=O)(=O)N2CCOC(CO)C2)cn1. The lowest BCUT2D eigenvalue weighted by molar-refractivity contribution is -0.0304. The lowest BCUT2D eigenvalue weighted by Gasteiger charge is -2.31. The molecular formula is C11H13N3O4S. The first kappa shape index (κ1) is 13.9. The van der Waals surface area contributed by atoms with E-state index in [9.17, 15) is 8.42 Å². The molecule has 19 heavy (non-hydrogen) atoms. The average Bonchev–Trinajstić information content (AvgIpc) is 2.47. The Kier molecular flexibility index (Phi) is 4.11. The number of rotatable bonds is 3. The molecule has 1 N–H and O–H groups in total. The number of ether oxygens (including phenoxy) is 1. The Morgan fingerprint density at radius 3 is 2.95 bits per heavy atom. The Bertz CT molecular complexity index is 579. The normalized spacial score (nSPS) is 20.9. The first-order valence-corrected chi connectivity index (χ1v) is 7.10. The van der Waals surface area contributed by atoms with Gasteiger partial charge in [-0.25, -0.2) is 13.4 Å². The maximum Gasteiger partial charge on any atom is 0.244 e. The number of morpholine rings is 1. The molecule has 1 fully saturated rings. The van der Waals surface area contributed by atoms with Crippen LogP contribution in [0.2, 0.25) is 0 Å². The number of nitriles is 1. The summed E-state index contributed by atoms with van der Waals surface area (Å²) < 4.78 is 31.1. The summed E-state index contributed by atoms with van der Waals surface area (Å²) in [5.41, 5.74) is 0.161. The zero-order chi connectivity index (χ0) is 13.9. The van der Waals surface area contributed by atoms with Gasteiger partial charge < -0.3 is 9.84 Å². The van der Waals surface area contributed by atoms with Gasteiger partial charge in [0.05, 0.1) is 19.3 Å². The van der Waals surface area contributed by atoms with Gasteiger partial charge in [0.25, 0.3) is 0 Å². The Balaban J connectivity index is 2.23. The number of aromatic nitrogens is 1. The first-order chi connectivity index (χ1) is 9.07. The van der Waals surface area contributed by atoms with Crippen molar-refractivity contribution in [2.45, 2.75) is 11.0 Å². The number of hydrogen-bond donors (Lipinski definition) is 1. The predicted molar refractivity (Wildman–Crippen MR) is 64.5 cm³/mol. The quantitative estimate of drug-likeness (QED) is 0.789. The smallest absolute Gasteiger partial charge is 0.244 e. The molecule has 0 saturated carbocycles. The number of hydrogen-bond acceptors (Lipinski definition) is 6. The number of sulfonamides is 1. The highest BCUT2D eigenvalue weighted by Gasteiger charge is 2.30. The summed E-state index contributed by atoms with van der Waals surface area (Å²) in [4.78, 5) is 3.78. The van der Waals surface area contributed by atoms with Gasteiger partial charge in [-0.05, 0) is 12.1 Å². The maximum absolute atomic E-state index is 12.3. The van der Waals surface area contributed by atoms with Gasteiger partial charge in [0.2, 0.25) is 10.0 Å². The van der Waals surface area contributed by atoms with E-state index in [-0.39, 0.29) is 36.9 Å². The molecule has 0 bridgehead atoms. The van der Waals surface area contributed by atoms with Gasteiger partial charge in [-0.3, -0.25) is 0 Å². The highest BCUT2D eigenvalue weighted by atomic mass is 32.2. The summed E-state index contributed by atoms with van der Waals surface area (Å²) >= 11 is 0. The minimum absolute atomic E-state index is 0.0325. The van der Waals surface area contributed by atoms with Crippen molar-refractivity contribution in [3.05, 3.63) is 24.0 Å². The molecule has 2 rings (SSSR count). The van der Waals surface area contributed by atoms with Gasteiger partial charge in [-0.2, -0.15) is 9.57 Å².